The van der Waals surface area contributed by atoms with E-state index in [-0.39, 0.29) is 10.7 Å². The lowest BCUT2D eigenvalue weighted by atomic mass is 10.2. The first-order chi connectivity index (χ1) is 8.24. The van der Waals surface area contributed by atoms with Gasteiger partial charge in [-0.25, -0.2) is 9.50 Å². The van der Waals surface area contributed by atoms with Crippen LogP contribution in [0.2, 0.25) is 0 Å². The molecule has 7 heteroatoms. The average Bonchev–Trinajstić information content (AvgIpc) is 2.71. The number of nitrogens with zero attached hydrogens (tertiary/aromatic N) is 4. The van der Waals surface area contributed by atoms with Crippen LogP contribution in [0.4, 0.5) is 5.95 Å². The molecular formula is C10H8N6S. The van der Waals surface area contributed by atoms with Crippen molar-refractivity contribution in [1.82, 2.24) is 24.6 Å². The lowest BCUT2D eigenvalue weighted by Gasteiger charge is -1.99. The second kappa shape index (κ2) is 3.63. The topological polar surface area (TPSA) is 84.9 Å². The largest absolute Gasteiger partial charge is 0.369 e. The van der Waals surface area contributed by atoms with E-state index in [0.717, 1.165) is 11.1 Å². The fourth-order valence-electron chi connectivity index (χ4n) is 1.65. The molecule has 84 valence electrons. The first-order valence-electron chi connectivity index (χ1n) is 4.90. The fraction of sp³-hybridized carbons (Fsp3) is 0. The van der Waals surface area contributed by atoms with Crippen molar-refractivity contribution in [2.24, 2.45) is 0 Å². The highest BCUT2D eigenvalue weighted by molar-refractivity contribution is 7.71. The molecule has 0 aliphatic heterocycles. The predicted octanol–water partition coefficient (Wildman–Crippen LogP) is 1.43. The van der Waals surface area contributed by atoms with Gasteiger partial charge in [0, 0.05) is 6.20 Å². The zero-order chi connectivity index (χ0) is 11.8. The van der Waals surface area contributed by atoms with Crippen molar-refractivity contribution in [3.8, 4) is 11.4 Å². The Morgan fingerprint density at radius 1 is 1.29 bits per heavy atom. The number of hydrogen-bond acceptors (Lipinski definition) is 5. The molecule has 0 aromatic carbocycles. The number of aromatic amines is 1. The van der Waals surface area contributed by atoms with Gasteiger partial charge in [0.15, 0.2) is 0 Å². The van der Waals surface area contributed by atoms with E-state index in [1.165, 1.54) is 0 Å². The second-order valence-corrected chi connectivity index (χ2v) is 3.82. The van der Waals surface area contributed by atoms with E-state index in [1.807, 2.05) is 24.4 Å². The van der Waals surface area contributed by atoms with E-state index in [1.54, 1.807) is 10.7 Å². The first kappa shape index (κ1) is 9.91. The molecule has 3 aromatic heterocycles. The van der Waals surface area contributed by atoms with E-state index in [0.29, 0.717) is 5.82 Å². The van der Waals surface area contributed by atoms with Crippen LogP contribution in [0.15, 0.2) is 30.6 Å². The van der Waals surface area contributed by atoms with Crippen LogP contribution < -0.4 is 5.73 Å². The highest BCUT2D eigenvalue weighted by Crippen LogP contribution is 2.20. The van der Waals surface area contributed by atoms with Crippen molar-refractivity contribution < 1.29 is 0 Å². The smallest absolute Gasteiger partial charge is 0.224 e. The van der Waals surface area contributed by atoms with Gasteiger partial charge in [0.1, 0.15) is 5.82 Å². The van der Waals surface area contributed by atoms with Gasteiger partial charge < -0.3 is 10.7 Å². The van der Waals surface area contributed by atoms with Crippen molar-refractivity contribution in [2.45, 2.75) is 0 Å². The van der Waals surface area contributed by atoms with E-state index in [9.17, 15) is 0 Å². The number of anilines is 1. The van der Waals surface area contributed by atoms with E-state index in [4.69, 9.17) is 18.0 Å². The Bertz CT molecular complexity index is 744. The second-order valence-electron chi connectivity index (χ2n) is 3.45. The SMILES string of the molecule is Nc1nc(=S)nc(-c2cnn3ccccc23)[nH]1. The zero-order valence-corrected chi connectivity index (χ0v) is 9.48. The summed E-state index contributed by atoms with van der Waals surface area (Å²) in [6.07, 6.45) is 3.57. The Hall–Kier alpha value is -2.28. The molecule has 0 aliphatic carbocycles. The molecule has 6 nitrogen and oxygen atoms in total. The zero-order valence-electron chi connectivity index (χ0n) is 8.66. The molecular weight excluding hydrogens is 236 g/mol. The molecule has 17 heavy (non-hydrogen) atoms. The molecule has 0 spiro atoms. The molecule has 0 bridgehead atoms. The number of aromatic nitrogens is 5. The van der Waals surface area contributed by atoms with Crippen LogP contribution >= 0.6 is 12.2 Å². The van der Waals surface area contributed by atoms with Crippen LogP contribution in [0.25, 0.3) is 16.9 Å². The Morgan fingerprint density at radius 2 is 2.18 bits per heavy atom. The van der Waals surface area contributed by atoms with Gasteiger partial charge in [-0.15, -0.1) is 0 Å². The van der Waals surface area contributed by atoms with E-state index in [2.05, 4.69) is 20.1 Å². The van der Waals surface area contributed by atoms with Crippen LogP contribution in [-0.2, 0) is 0 Å². The van der Waals surface area contributed by atoms with Gasteiger partial charge in [0.05, 0.1) is 17.3 Å². The minimum absolute atomic E-state index is 0.214. The quantitative estimate of drug-likeness (QED) is 0.632. The maximum absolute atomic E-state index is 5.61. The molecule has 0 saturated heterocycles. The standard InChI is InChI=1S/C10H8N6S/c11-9-13-8(14-10(17)15-9)6-5-12-16-4-2-1-3-7(6)16/h1-5H,(H3,11,13,14,15,17). The summed E-state index contributed by atoms with van der Waals surface area (Å²) in [6, 6.07) is 5.78. The molecule has 0 atom stereocenters. The summed E-state index contributed by atoms with van der Waals surface area (Å²) < 4.78 is 1.97. The van der Waals surface area contributed by atoms with Crippen molar-refractivity contribution in [2.75, 3.05) is 5.73 Å². The third kappa shape index (κ3) is 1.66. The number of nitrogens with one attached hydrogen (secondary N) is 1. The van der Waals surface area contributed by atoms with Gasteiger partial charge in [-0.3, -0.25) is 0 Å². The third-order valence-corrected chi connectivity index (χ3v) is 2.53. The molecule has 3 heterocycles. The summed E-state index contributed by atoms with van der Waals surface area (Å²) in [7, 11) is 0. The molecule has 3 N–H and O–H groups in total. The minimum atomic E-state index is 0.214. The summed E-state index contributed by atoms with van der Waals surface area (Å²) >= 11 is 4.93. The van der Waals surface area contributed by atoms with Crippen molar-refractivity contribution in [3.05, 3.63) is 35.4 Å². The Balaban J connectivity index is 2.30. The molecule has 3 aromatic rings. The number of H-pyrrole nitrogens is 1. The Labute approximate surface area is 101 Å². The molecule has 0 radical (unpaired) electrons. The van der Waals surface area contributed by atoms with Crippen LogP contribution in [0.3, 0.4) is 0 Å². The van der Waals surface area contributed by atoms with Gasteiger partial charge in [-0.2, -0.15) is 10.1 Å². The first-order valence-corrected chi connectivity index (χ1v) is 5.31. The monoisotopic (exact) mass is 244 g/mol. The number of nitrogen functional groups attached to an aromatic ring is 1. The van der Waals surface area contributed by atoms with Crippen LogP contribution in [0, 0.1) is 4.77 Å². The molecule has 0 unspecified atom stereocenters. The number of hydrogen-bond donors (Lipinski definition) is 2. The summed E-state index contributed by atoms with van der Waals surface area (Å²) in [6.45, 7) is 0. The summed E-state index contributed by atoms with van der Waals surface area (Å²) in [5.41, 5.74) is 7.37. The van der Waals surface area contributed by atoms with Gasteiger partial charge in [-0.1, -0.05) is 6.07 Å². The molecule has 0 fully saturated rings. The van der Waals surface area contributed by atoms with Gasteiger partial charge in [0.2, 0.25) is 10.7 Å². The van der Waals surface area contributed by atoms with Gasteiger partial charge in [-0.05, 0) is 24.4 Å². The average molecular weight is 244 g/mol. The molecule has 0 amide bonds. The van der Waals surface area contributed by atoms with Crippen LogP contribution in [0.1, 0.15) is 0 Å². The normalized spacial score (nSPS) is 10.8. The maximum atomic E-state index is 5.61. The highest BCUT2D eigenvalue weighted by atomic mass is 32.1. The lowest BCUT2D eigenvalue weighted by Crippen LogP contribution is -1.99. The van der Waals surface area contributed by atoms with Gasteiger partial charge in [0.25, 0.3) is 0 Å². The maximum Gasteiger partial charge on any atom is 0.224 e. The van der Waals surface area contributed by atoms with Crippen LogP contribution in [0.5, 0.6) is 0 Å². The summed E-state index contributed by atoms with van der Waals surface area (Å²) in [4.78, 5) is 10.8. The Morgan fingerprint density at radius 3 is 3.00 bits per heavy atom. The van der Waals surface area contributed by atoms with Gasteiger partial charge >= 0.3 is 0 Å². The Kier molecular flexibility index (Phi) is 2.12. The van der Waals surface area contributed by atoms with Crippen molar-refractivity contribution in [1.29, 1.82) is 0 Å². The van der Waals surface area contributed by atoms with Crippen molar-refractivity contribution >= 4 is 23.7 Å². The molecule has 0 saturated carbocycles. The fourth-order valence-corrected chi connectivity index (χ4v) is 1.84. The summed E-state index contributed by atoms with van der Waals surface area (Å²) in [5.74, 6) is 0.819. The highest BCUT2D eigenvalue weighted by Gasteiger charge is 2.08. The third-order valence-electron chi connectivity index (χ3n) is 2.35. The number of fused-ring (bicyclic) bond motifs is 1. The molecule has 0 aliphatic rings. The predicted molar refractivity (Wildman–Crippen MR) is 65.8 cm³/mol. The van der Waals surface area contributed by atoms with Crippen molar-refractivity contribution in [3.63, 3.8) is 0 Å². The van der Waals surface area contributed by atoms with E-state index >= 15 is 0 Å². The number of pyridine rings is 1. The summed E-state index contributed by atoms with van der Waals surface area (Å²) in [5, 5.41) is 4.22. The lowest BCUT2D eigenvalue weighted by molar-refractivity contribution is 0.961. The number of nitrogens with two attached hydrogens (primary N) is 1. The van der Waals surface area contributed by atoms with Crippen LogP contribution in [-0.4, -0.2) is 24.6 Å². The minimum Gasteiger partial charge on any atom is -0.369 e. The molecule has 3 rings (SSSR count). The number of rotatable bonds is 1. The van der Waals surface area contributed by atoms with E-state index < -0.39 is 0 Å².